The normalized spacial score (nSPS) is 11.0. The number of nitrogens with one attached hydrogen (secondary N) is 1. The van der Waals surface area contributed by atoms with Crippen molar-refractivity contribution in [2.24, 2.45) is 5.73 Å². The van der Waals surface area contributed by atoms with Gasteiger partial charge in [0.1, 0.15) is 5.00 Å². The maximum atomic E-state index is 13.6. The smallest absolute Gasteiger partial charge is 0.257 e. The van der Waals surface area contributed by atoms with Gasteiger partial charge in [0.2, 0.25) is 0 Å². The topological polar surface area (TPSA) is 85.1 Å². The lowest BCUT2D eigenvalue weighted by Gasteiger charge is -2.15. The number of benzene rings is 2. The van der Waals surface area contributed by atoms with Crippen molar-refractivity contribution < 1.29 is 9.59 Å². The largest absolute Gasteiger partial charge is 0.365 e. The monoisotopic (exact) mass is 443 g/mol. The van der Waals surface area contributed by atoms with Crippen LogP contribution < -0.4 is 11.1 Å². The molecule has 0 saturated carbocycles. The molecule has 162 valence electrons. The average molecular weight is 444 g/mol. The molecule has 5 nitrogen and oxygen atoms in total. The van der Waals surface area contributed by atoms with Gasteiger partial charge in [-0.3, -0.25) is 9.59 Å². The third kappa shape index (κ3) is 3.78. The first-order valence-corrected chi connectivity index (χ1v) is 11.3. The summed E-state index contributed by atoms with van der Waals surface area (Å²) in [6, 6.07) is 15.7. The van der Waals surface area contributed by atoms with E-state index in [4.69, 9.17) is 10.7 Å². The summed E-state index contributed by atoms with van der Waals surface area (Å²) in [5.41, 5.74) is 11.9. The minimum Gasteiger partial charge on any atom is -0.365 e. The van der Waals surface area contributed by atoms with Gasteiger partial charge in [-0.2, -0.15) is 0 Å². The predicted molar refractivity (Wildman–Crippen MR) is 132 cm³/mol. The van der Waals surface area contributed by atoms with Crippen LogP contribution in [0.2, 0.25) is 0 Å². The molecule has 6 heteroatoms. The van der Waals surface area contributed by atoms with Crippen LogP contribution in [0.3, 0.4) is 0 Å². The fourth-order valence-electron chi connectivity index (χ4n) is 4.11. The van der Waals surface area contributed by atoms with Crippen molar-refractivity contribution in [3.8, 4) is 11.3 Å². The highest BCUT2D eigenvalue weighted by atomic mass is 32.1. The van der Waals surface area contributed by atoms with Crippen molar-refractivity contribution in [2.45, 2.75) is 34.1 Å². The van der Waals surface area contributed by atoms with Crippen LogP contribution in [0.1, 0.15) is 49.2 Å². The minimum atomic E-state index is -0.529. The number of fused-ring (bicyclic) bond motifs is 1. The van der Waals surface area contributed by atoms with Crippen LogP contribution in [0.4, 0.5) is 5.00 Å². The third-order valence-corrected chi connectivity index (χ3v) is 6.79. The Morgan fingerprint density at radius 1 is 1.00 bits per heavy atom. The maximum absolute atomic E-state index is 13.6. The molecule has 2 aromatic carbocycles. The summed E-state index contributed by atoms with van der Waals surface area (Å²) < 4.78 is 0. The summed E-state index contributed by atoms with van der Waals surface area (Å²) in [7, 11) is 0. The van der Waals surface area contributed by atoms with Crippen LogP contribution >= 0.6 is 11.3 Å². The first kappa shape index (κ1) is 21.7. The second kappa shape index (κ2) is 8.55. The van der Waals surface area contributed by atoms with Gasteiger partial charge in [-0.25, -0.2) is 4.98 Å². The first-order valence-electron chi connectivity index (χ1n) is 10.5. The Morgan fingerprint density at radius 2 is 1.69 bits per heavy atom. The van der Waals surface area contributed by atoms with Gasteiger partial charge < -0.3 is 11.1 Å². The van der Waals surface area contributed by atoms with E-state index in [0.29, 0.717) is 22.5 Å². The van der Waals surface area contributed by atoms with Crippen LogP contribution in [-0.4, -0.2) is 16.8 Å². The van der Waals surface area contributed by atoms with Crippen molar-refractivity contribution in [3.05, 3.63) is 81.2 Å². The predicted octanol–water partition coefficient (Wildman–Crippen LogP) is 5.80. The lowest BCUT2D eigenvalue weighted by Crippen LogP contribution is -2.19. The molecule has 2 amide bonds. The number of primary amides is 1. The van der Waals surface area contributed by atoms with Crippen molar-refractivity contribution >= 4 is 39.1 Å². The average Bonchev–Trinajstić information content (AvgIpc) is 3.08. The Bertz CT molecular complexity index is 1350. The molecule has 4 rings (SSSR count). The number of aryl methyl sites for hydroxylation is 2. The molecule has 0 spiro atoms. The fraction of sp³-hybridized carbons (Fsp3) is 0.192. The van der Waals surface area contributed by atoms with Crippen LogP contribution in [0.5, 0.6) is 0 Å². The molecule has 0 saturated heterocycles. The molecule has 32 heavy (non-hydrogen) atoms. The second-order valence-corrected chi connectivity index (χ2v) is 9.08. The molecule has 2 heterocycles. The summed E-state index contributed by atoms with van der Waals surface area (Å²) in [6.07, 6.45) is 0.672. The Labute approximate surface area is 191 Å². The highest BCUT2D eigenvalue weighted by molar-refractivity contribution is 7.16. The van der Waals surface area contributed by atoms with Gasteiger partial charge in [-0.1, -0.05) is 55.0 Å². The zero-order valence-corrected chi connectivity index (χ0v) is 19.4. The highest BCUT2D eigenvalue weighted by Gasteiger charge is 2.24. The summed E-state index contributed by atoms with van der Waals surface area (Å²) in [4.78, 5) is 31.6. The summed E-state index contributed by atoms with van der Waals surface area (Å²) >= 11 is 1.38. The van der Waals surface area contributed by atoms with E-state index in [0.717, 1.165) is 43.7 Å². The molecular formula is C26H25N3O2S. The summed E-state index contributed by atoms with van der Waals surface area (Å²) in [5.74, 6) is -0.806. The molecular weight excluding hydrogens is 418 g/mol. The van der Waals surface area contributed by atoms with E-state index in [1.165, 1.54) is 11.3 Å². The Balaban J connectivity index is 1.87. The summed E-state index contributed by atoms with van der Waals surface area (Å²) in [6.45, 7) is 7.86. The van der Waals surface area contributed by atoms with E-state index >= 15 is 0 Å². The minimum absolute atomic E-state index is 0.277. The lowest BCUT2D eigenvalue weighted by molar-refractivity contribution is 0.100. The number of hydrogen-bond acceptors (Lipinski definition) is 4. The number of nitrogens with zero attached hydrogens (tertiary/aromatic N) is 1. The van der Waals surface area contributed by atoms with Gasteiger partial charge in [-0.05, 0) is 44.4 Å². The number of hydrogen-bond donors (Lipinski definition) is 2. The molecule has 3 N–H and O–H groups in total. The first-order chi connectivity index (χ1) is 15.3. The maximum Gasteiger partial charge on any atom is 0.257 e. The number of amides is 2. The number of rotatable bonds is 5. The molecule has 0 unspecified atom stereocenters. The number of aromatic nitrogens is 1. The number of carbonyl (C=O) groups excluding carboxylic acids is 2. The zero-order chi connectivity index (χ0) is 23.0. The second-order valence-electron chi connectivity index (χ2n) is 7.86. The molecule has 0 radical (unpaired) electrons. The van der Waals surface area contributed by atoms with E-state index in [1.807, 2.05) is 76.2 Å². The Hall–Kier alpha value is -3.51. The number of carbonyl (C=O) groups is 2. The third-order valence-electron chi connectivity index (χ3n) is 5.72. The van der Waals surface area contributed by atoms with E-state index in [-0.39, 0.29) is 5.91 Å². The number of anilines is 1. The van der Waals surface area contributed by atoms with Crippen LogP contribution in [0, 0.1) is 20.8 Å². The SMILES string of the molecule is CCc1c(C)sc(NC(=O)c2c(C)c(-c3ccc(C)cc3)nc3ccccc23)c1C(N)=O. The molecule has 0 atom stereocenters. The fourth-order valence-corrected chi connectivity index (χ4v) is 5.26. The van der Waals surface area contributed by atoms with Crippen LogP contribution in [0.25, 0.3) is 22.2 Å². The molecule has 0 aliphatic heterocycles. The van der Waals surface area contributed by atoms with E-state index in [9.17, 15) is 9.59 Å². The van der Waals surface area contributed by atoms with Crippen LogP contribution in [0.15, 0.2) is 48.5 Å². The Kier molecular flexibility index (Phi) is 5.80. The van der Waals surface area contributed by atoms with Gasteiger partial charge in [0.25, 0.3) is 11.8 Å². The van der Waals surface area contributed by atoms with E-state index in [1.54, 1.807) is 0 Å². The lowest BCUT2D eigenvalue weighted by atomic mass is 9.96. The van der Waals surface area contributed by atoms with Gasteiger partial charge in [0.15, 0.2) is 0 Å². The number of pyridine rings is 1. The van der Waals surface area contributed by atoms with Crippen molar-refractivity contribution in [3.63, 3.8) is 0 Å². The Morgan fingerprint density at radius 3 is 2.34 bits per heavy atom. The molecule has 0 aliphatic carbocycles. The molecule has 4 aromatic rings. The zero-order valence-electron chi connectivity index (χ0n) is 18.6. The van der Waals surface area contributed by atoms with E-state index in [2.05, 4.69) is 5.32 Å². The van der Waals surface area contributed by atoms with E-state index < -0.39 is 5.91 Å². The van der Waals surface area contributed by atoms with Crippen molar-refractivity contribution in [1.29, 1.82) is 0 Å². The van der Waals surface area contributed by atoms with Gasteiger partial charge in [-0.15, -0.1) is 11.3 Å². The van der Waals surface area contributed by atoms with Crippen molar-refractivity contribution in [2.75, 3.05) is 5.32 Å². The number of para-hydroxylation sites is 1. The quantitative estimate of drug-likeness (QED) is 0.409. The van der Waals surface area contributed by atoms with Gasteiger partial charge in [0.05, 0.1) is 22.3 Å². The highest BCUT2D eigenvalue weighted by Crippen LogP contribution is 2.35. The molecule has 0 fully saturated rings. The number of thiophene rings is 1. The van der Waals surface area contributed by atoms with Crippen LogP contribution in [-0.2, 0) is 6.42 Å². The number of nitrogens with two attached hydrogens (primary N) is 1. The summed E-state index contributed by atoms with van der Waals surface area (Å²) in [5, 5.41) is 4.24. The molecule has 2 aromatic heterocycles. The standard InChI is InChI=1S/C26H25N3O2S/c1-5-18-16(4)32-26(22(18)24(27)30)29-25(31)21-15(3)23(17-12-10-14(2)11-13-17)28-20-9-7-6-8-19(20)21/h6-13H,5H2,1-4H3,(H2,27,30)(H,29,31). The van der Waals surface area contributed by atoms with Gasteiger partial charge >= 0.3 is 0 Å². The van der Waals surface area contributed by atoms with Crippen molar-refractivity contribution in [1.82, 2.24) is 4.98 Å². The van der Waals surface area contributed by atoms with Gasteiger partial charge in [0, 0.05) is 15.8 Å². The molecule has 0 bridgehead atoms. The molecule has 0 aliphatic rings.